The average molecular weight is 412 g/mol. The van der Waals surface area contributed by atoms with Crippen LogP contribution in [0.1, 0.15) is 28.8 Å². The molecule has 31 heavy (non-hydrogen) atoms. The molecule has 0 spiro atoms. The first-order valence-corrected chi connectivity index (χ1v) is 10.0. The van der Waals surface area contributed by atoms with Gasteiger partial charge in [-0.15, -0.1) is 0 Å². The number of amides is 1. The Balaban J connectivity index is 1.48. The van der Waals surface area contributed by atoms with Crippen molar-refractivity contribution in [1.82, 2.24) is 24.8 Å². The molecule has 3 aromatic heterocycles. The highest BCUT2D eigenvalue weighted by Gasteiger charge is 2.39. The molecule has 1 aliphatic carbocycles. The zero-order valence-corrected chi connectivity index (χ0v) is 16.6. The number of aliphatic hydroxyl groups is 1. The van der Waals surface area contributed by atoms with Crippen LogP contribution in [0.4, 0.5) is 0 Å². The second kappa shape index (κ2) is 7.98. The number of hydrazone groups is 1. The highest BCUT2D eigenvalue weighted by molar-refractivity contribution is 6.04. The van der Waals surface area contributed by atoms with Gasteiger partial charge in [0.2, 0.25) is 0 Å². The monoisotopic (exact) mass is 412 g/mol. The minimum absolute atomic E-state index is 0.224. The summed E-state index contributed by atoms with van der Waals surface area (Å²) in [7, 11) is 0. The largest absolute Gasteiger partial charge is 0.512 e. The Kier molecular flexibility index (Phi) is 4.87. The van der Waals surface area contributed by atoms with Gasteiger partial charge in [-0.1, -0.05) is 24.3 Å². The molecule has 1 aliphatic heterocycles. The Morgan fingerprint density at radius 3 is 2.84 bits per heavy atom. The van der Waals surface area contributed by atoms with Crippen LogP contribution in [0, 0.1) is 5.92 Å². The number of carbonyl (C=O) groups excluding carboxylic acids is 1. The zero-order valence-electron chi connectivity index (χ0n) is 16.6. The summed E-state index contributed by atoms with van der Waals surface area (Å²) in [5, 5.41) is 20.9. The van der Waals surface area contributed by atoms with Gasteiger partial charge in [0.05, 0.1) is 29.3 Å². The van der Waals surface area contributed by atoms with Gasteiger partial charge >= 0.3 is 0 Å². The number of carbonyl (C=O) groups is 1. The Bertz CT molecular complexity index is 1180. The molecule has 0 aromatic carbocycles. The molecule has 5 rings (SSSR count). The van der Waals surface area contributed by atoms with Gasteiger partial charge in [-0.25, -0.2) is 14.7 Å². The molecule has 1 amide bonds. The van der Waals surface area contributed by atoms with Gasteiger partial charge in [-0.2, -0.15) is 10.2 Å². The molecule has 4 heterocycles. The third kappa shape index (κ3) is 3.63. The predicted octanol–water partition coefficient (Wildman–Crippen LogP) is 3.30. The first kappa shape index (κ1) is 18.9. The van der Waals surface area contributed by atoms with Crippen LogP contribution < -0.4 is 0 Å². The number of aliphatic hydroxyl groups excluding tert-OH is 1. The van der Waals surface area contributed by atoms with Crippen molar-refractivity contribution < 1.29 is 9.90 Å². The van der Waals surface area contributed by atoms with E-state index in [0.717, 1.165) is 11.3 Å². The first-order valence-electron chi connectivity index (χ1n) is 10.0. The predicted molar refractivity (Wildman–Crippen MR) is 115 cm³/mol. The van der Waals surface area contributed by atoms with Crippen molar-refractivity contribution in [2.45, 2.75) is 18.9 Å². The number of rotatable bonds is 4. The summed E-state index contributed by atoms with van der Waals surface area (Å²) < 4.78 is 1.56. The Morgan fingerprint density at radius 2 is 2.06 bits per heavy atom. The summed E-state index contributed by atoms with van der Waals surface area (Å²) in [4.78, 5) is 21.9. The second-order valence-corrected chi connectivity index (χ2v) is 7.43. The summed E-state index contributed by atoms with van der Waals surface area (Å²) in [6, 6.07) is 8.96. The van der Waals surface area contributed by atoms with E-state index in [1.165, 1.54) is 11.2 Å². The van der Waals surface area contributed by atoms with Gasteiger partial charge in [0.25, 0.3) is 5.91 Å². The highest BCUT2D eigenvalue weighted by atomic mass is 16.3. The minimum Gasteiger partial charge on any atom is -0.512 e. The summed E-state index contributed by atoms with van der Waals surface area (Å²) in [6.45, 7) is 0. The van der Waals surface area contributed by atoms with E-state index in [1.807, 2.05) is 42.5 Å². The lowest BCUT2D eigenvalue weighted by Crippen LogP contribution is -2.39. The first-order chi connectivity index (χ1) is 15.2. The molecule has 154 valence electrons. The molecule has 0 radical (unpaired) electrons. The van der Waals surface area contributed by atoms with Gasteiger partial charge in [-0.3, -0.25) is 9.78 Å². The van der Waals surface area contributed by atoms with Crippen LogP contribution in [0.5, 0.6) is 0 Å². The van der Waals surface area contributed by atoms with Crippen molar-refractivity contribution in [3.63, 3.8) is 0 Å². The minimum atomic E-state index is -0.304. The lowest BCUT2D eigenvalue weighted by atomic mass is 9.87. The Morgan fingerprint density at radius 1 is 1.13 bits per heavy atom. The van der Waals surface area contributed by atoms with E-state index in [2.05, 4.69) is 20.2 Å². The maximum Gasteiger partial charge on any atom is 0.277 e. The topological polar surface area (TPSA) is 96.5 Å². The molecular weight excluding hydrogens is 392 g/mol. The Hall–Kier alpha value is -4.07. The van der Waals surface area contributed by atoms with E-state index in [-0.39, 0.29) is 23.6 Å². The fourth-order valence-corrected chi connectivity index (χ4v) is 3.92. The van der Waals surface area contributed by atoms with E-state index in [1.54, 1.807) is 35.5 Å². The molecule has 2 atom stereocenters. The zero-order chi connectivity index (χ0) is 21.2. The third-order valence-corrected chi connectivity index (χ3v) is 5.50. The maximum absolute atomic E-state index is 13.4. The smallest absolute Gasteiger partial charge is 0.277 e. The molecule has 8 heteroatoms. The summed E-state index contributed by atoms with van der Waals surface area (Å²) >= 11 is 0. The molecule has 0 bridgehead atoms. The summed E-state index contributed by atoms with van der Waals surface area (Å²) in [5.41, 5.74) is 2.04. The highest BCUT2D eigenvalue weighted by Crippen LogP contribution is 2.33. The van der Waals surface area contributed by atoms with Crippen LogP contribution in [0.25, 0.3) is 5.82 Å². The normalized spacial score (nSPS) is 20.5. The lowest BCUT2D eigenvalue weighted by molar-refractivity contribution is 0.0649. The fraction of sp³-hybridized carbons (Fsp3) is 0.174. The van der Waals surface area contributed by atoms with Crippen molar-refractivity contribution >= 4 is 11.6 Å². The van der Waals surface area contributed by atoms with Crippen LogP contribution in [0.3, 0.4) is 0 Å². The van der Waals surface area contributed by atoms with Gasteiger partial charge in [0.1, 0.15) is 0 Å². The molecule has 2 aliphatic rings. The van der Waals surface area contributed by atoms with Crippen molar-refractivity contribution in [2.24, 2.45) is 11.0 Å². The quantitative estimate of drug-likeness (QED) is 0.709. The number of aromatic nitrogens is 4. The molecular formula is C23H20N6O2. The summed E-state index contributed by atoms with van der Waals surface area (Å²) in [6.07, 6.45) is 14.9. The van der Waals surface area contributed by atoms with E-state index in [4.69, 9.17) is 0 Å². The van der Waals surface area contributed by atoms with Crippen LogP contribution in [0.15, 0.2) is 90.4 Å². The number of hydrogen-bond acceptors (Lipinski definition) is 6. The molecule has 8 nitrogen and oxygen atoms in total. The molecule has 0 saturated carbocycles. The fourth-order valence-electron chi connectivity index (χ4n) is 3.92. The number of pyridine rings is 2. The number of nitrogens with zero attached hydrogens (tertiary/aromatic N) is 6. The van der Waals surface area contributed by atoms with Crippen molar-refractivity contribution in [3.8, 4) is 5.82 Å². The van der Waals surface area contributed by atoms with Crippen LogP contribution in [0.2, 0.25) is 0 Å². The number of hydrogen-bond donors (Lipinski definition) is 1. The second-order valence-electron chi connectivity index (χ2n) is 7.43. The van der Waals surface area contributed by atoms with Crippen molar-refractivity contribution in [3.05, 3.63) is 96.4 Å². The standard InChI is InChI=1S/C23H20N6O2/c30-21-8-2-1-7-18(21)20-12-19(16-6-5-10-24-13-16)27-29(20)23(31)17-14-26-28(15-17)22-9-3-4-11-25-22/h1-6,8-11,13-15,18,20,30H,7,12H2. The molecule has 2 unspecified atom stereocenters. The van der Waals surface area contributed by atoms with E-state index in [9.17, 15) is 9.90 Å². The average Bonchev–Trinajstić information content (AvgIpc) is 3.48. The van der Waals surface area contributed by atoms with Crippen LogP contribution in [-0.4, -0.2) is 47.5 Å². The van der Waals surface area contributed by atoms with E-state index < -0.39 is 0 Å². The van der Waals surface area contributed by atoms with Gasteiger partial charge < -0.3 is 5.11 Å². The van der Waals surface area contributed by atoms with E-state index in [0.29, 0.717) is 24.2 Å². The molecule has 0 saturated heterocycles. The van der Waals surface area contributed by atoms with Crippen LogP contribution >= 0.6 is 0 Å². The summed E-state index contributed by atoms with van der Waals surface area (Å²) in [5.74, 6) is 0.389. The van der Waals surface area contributed by atoms with Crippen molar-refractivity contribution in [1.29, 1.82) is 0 Å². The molecule has 1 N–H and O–H groups in total. The van der Waals surface area contributed by atoms with Crippen molar-refractivity contribution in [2.75, 3.05) is 0 Å². The lowest BCUT2D eigenvalue weighted by Gasteiger charge is -2.29. The Labute approximate surface area is 178 Å². The molecule has 0 fully saturated rings. The third-order valence-electron chi connectivity index (χ3n) is 5.50. The van der Waals surface area contributed by atoms with Crippen LogP contribution in [-0.2, 0) is 0 Å². The maximum atomic E-state index is 13.4. The van der Waals surface area contributed by atoms with Gasteiger partial charge in [-0.05, 0) is 30.7 Å². The SMILES string of the molecule is O=C(c1cnn(-c2ccccn2)c1)N1N=C(c2cccnc2)CC1C1CC=CC=C1O. The van der Waals surface area contributed by atoms with Gasteiger partial charge in [0.15, 0.2) is 5.82 Å². The number of allylic oxidation sites excluding steroid dienone is 3. The van der Waals surface area contributed by atoms with Gasteiger partial charge in [0, 0.05) is 42.7 Å². The van der Waals surface area contributed by atoms with E-state index >= 15 is 0 Å². The molecule has 3 aromatic rings.